The standard InChI is InChI=1S/C18H15Cl2N5O5S/c1-2-29-18-22-15(11-6-4-3-5-7-11)21-16(24-18)23-17(26)25-31(27,28)30-14-10-12(19)8-9-13(14)20/h3-10H,2H2,1H3,(H2,21,22,23,24,25,26). The molecule has 162 valence electrons. The van der Waals surface area contributed by atoms with Crippen molar-refractivity contribution in [2.24, 2.45) is 0 Å². The van der Waals surface area contributed by atoms with E-state index in [1.54, 1.807) is 35.9 Å². The Bertz CT molecular complexity index is 1200. The van der Waals surface area contributed by atoms with Crippen LogP contribution in [0.1, 0.15) is 6.92 Å². The first-order valence-corrected chi connectivity index (χ1v) is 10.8. The van der Waals surface area contributed by atoms with Gasteiger partial charge in [-0.25, -0.2) is 9.52 Å². The maximum atomic E-state index is 12.2. The second-order valence-corrected chi connectivity index (χ2v) is 7.86. The summed E-state index contributed by atoms with van der Waals surface area (Å²) in [6.45, 7) is 2.00. The maximum absolute atomic E-state index is 12.2. The molecule has 2 amide bonds. The van der Waals surface area contributed by atoms with E-state index in [-0.39, 0.29) is 40.2 Å². The van der Waals surface area contributed by atoms with E-state index in [0.29, 0.717) is 5.56 Å². The summed E-state index contributed by atoms with van der Waals surface area (Å²) in [5.74, 6) is -0.260. The number of nitrogens with zero attached hydrogens (tertiary/aromatic N) is 3. The molecule has 0 spiro atoms. The Balaban J connectivity index is 1.77. The second kappa shape index (κ2) is 9.77. The molecule has 0 atom stereocenters. The average molecular weight is 484 g/mol. The number of benzene rings is 2. The molecule has 0 fully saturated rings. The Labute approximate surface area is 187 Å². The van der Waals surface area contributed by atoms with Gasteiger partial charge in [0.05, 0.1) is 11.6 Å². The van der Waals surface area contributed by atoms with Crippen molar-refractivity contribution in [2.45, 2.75) is 6.92 Å². The lowest BCUT2D eigenvalue weighted by atomic mass is 10.2. The zero-order chi connectivity index (χ0) is 22.4. The van der Waals surface area contributed by atoms with Crippen LogP contribution in [0, 0.1) is 0 Å². The summed E-state index contributed by atoms with van der Waals surface area (Å²) in [7, 11) is -4.58. The van der Waals surface area contributed by atoms with Crippen molar-refractivity contribution >= 4 is 45.5 Å². The highest BCUT2D eigenvalue weighted by Gasteiger charge is 2.20. The zero-order valence-corrected chi connectivity index (χ0v) is 18.2. The normalized spacial score (nSPS) is 10.9. The Morgan fingerprint density at radius 3 is 2.52 bits per heavy atom. The summed E-state index contributed by atoms with van der Waals surface area (Å²) in [5, 5.41) is 2.39. The van der Waals surface area contributed by atoms with Gasteiger partial charge in [-0.2, -0.15) is 23.4 Å². The first-order valence-electron chi connectivity index (χ1n) is 8.68. The Morgan fingerprint density at radius 2 is 1.81 bits per heavy atom. The van der Waals surface area contributed by atoms with Gasteiger partial charge in [-0.1, -0.05) is 53.5 Å². The third-order valence-electron chi connectivity index (χ3n) is 3.46. The number of urea groups is 1. The Kier molecular flexibility index (Phi) is 7.10. The smallest absolute Gasteiger partial charge is 0.411 e. The molecular formula is C18H15Cl2N5O5S. The van der Waals surface area contributed by atoms with Crippen molar-refractivity contribution in [1.29, 1.82) is 0 Å². The van der Waals surface area contributed by atoms with E-state index in [9.17, 15) is 13.2 Å². The lowest BCUT2D eigenvalue weighted by Crippen LogP contribution is -2.37. The SMILES string of the molecule is CCOc1nc(NC(=O)NS(=O)(=O)Oc2cc(Cl)ccc2Cl)nc(-c2ccccc2)n1. The fourth-order valence-electron chi connectivity index (χ4n) is 2.24. The van der Waals surface area contributed by atoms with Gasteiger partial charge in [-0.05, 0) is 19.1 Å². The summed E-state index contributed by atoms with van der Waals surface area (Å²) in [6.07, 6.45) is 0. The first kappa shape index (κ1) is 22.5. The van der Waals surface area contributed by atoms with E-state index in [1.165, 1.54) is 18.2 Å². The molecule has 0 radical (unpaired) electrons. The van der Waals surface area contributed by atoms with Gasteiger partial charge >= 0.3 is 22.3 Å². The predicted octanol–water partition coefficient (Wildman–Crippen LogP) is 3.69. The zero-order valence-electron chi connectivity index (χ0n) is 15.9. The molecule has 3 rings (SSSR count). The van der Waals surface area contributed by atoms with Crippen molar-refractivity contribution in [3.63, 3.8) is 0 Å². The van der Waals surface area contributed by atoms with Crippen LogP contribution in [0.5, 0.6) is 11.8 Å². The van der Waals surface area contributed by atoms with E-state index < -0.39 is 16.3 Å². The number of rotatable bonds is 7. The molecule has 3 aromatic rings. The number of halogens is 2. The van der Waals surface area contributed by atoms with Crippen molar-refractivity contribution in [3.05, 3.63) is 58.6 Å². The molecule has 0 bridgehead atoms. The molecule has 2 aromatic carbocycles. The third kappa shape index (κ3) is 6.41. The molecule has 2 N–H and O–H groups in total. The Hall–Kier alpha value is -3.15. The van der Waals surface area contributed by atoms with Crippen LogP contribution in [-0.2, 0) is 10.3 Å². The monoisotopic (exact) mass is 483 g/mol. The molecular weight excluding hydrogens is 469 g/mol. The minimum absolute atomic E-state index is 0.0125. The number of ether oxygens (including phenoxy) is 1. The lowest BCUT2D eigenvalue weighted by Gasteiger charge is -2.11. The van der Waals surface area contributed by atoms with Gasteiger partial charge in [0.2, 0.25) is 5.95 Å². The maximum Gasteiger partial charge on any atom is 0.411 e. The number of anilines is 1. The van der Waals surface area contributed by atoms with E-state index in [4.69, 9.17) is 32.1 Å². The third-order valence-corrected chi connectivity index (χ3v) is 4.84. The Morgan fingerprint density at radius 1 is 1.06 bits per heavy atom. The van der Waals surface area contributed by atoms with Crippen molar-refractivity contribution in [3.8, 4) is 23.1 Å². The number of carbonyl (C=O) groups is 1. The molecule has 10 nitrogen and oxygen atoms in total. The predicted molar refractivity (Wildman–Crippen MR) is 115 cm³/mol. The van der Waals surface area contributed by atoms with Gasteiger partial charge in [0, 0.05) is 16.7 Å². The molecule has 13 heteroatoms. The summed E-state index contributed by atoms with van der Waals surface area (Å²) in [6, 6.07) is 11.6. The lowest BCUT2D eigenvalue weighted by molar-refractivity contribution is 0.255. The fourth-order valence-corrected chi connectivity index (χ4v) is 3.30. The fraction of sp³-hybridized carbons (Fsp3) is 0.111. The minimum Gasteiger partial charge on any atom is -0.464 e. The number of amides is 2. The topological polar surface area (TPSA) is 132 Å². The van der Waals surface area contributed by atoms with E-state index in [2.05, 4.69) is 20.3 Å². The molecule has 0 unspecified atom stereocenters. The number of nitrogens with one attached hydrogen (secondary N) is 2. The molecule has 1 aromatic heterocycles. The van der Waals surface area contributed by atoms with Gasteiger partial charge in [0.25, 0.3) is 0 Å². The van der Waals surface area contributed by atoms with Crippen LogP contribution in [0.15, 0.2) is 48.5 Å². The van der Waals surface area contributed by atoms with Crippen LogP contribution in [0.2, 0.25) is 10.0 Å². The van der Waals surface area contributed by atoms with E-state index >= 15 is 0 Å². The number of hydrogen-bond acceptors (Lipinski definition) is 8. The van der Waals surface area contributed by atoms with Crippen molar-refractivity contribution < 1.29 is 22.1 Å². The van der Waals surface area contributed by atoms with Crippen LogP contribution in [0.3, 0.4) is 0 Å². The first-order chi connectivity index (χ1) is 14.8. The average Bonchev–Trinajstić information content (AvgIpc) is 2.70. The van der Waals surface area contributed by atoms with Crippen LogP contribution in [-0.4, -0.2) is 36.0 Å². The van der Waals surface area contributed by atoms with Crippen LogP contribution in [0.25, 0.3) is 11.4 Å². The highest BCUT2D eigenvalue weighted by molar-refractivity contribution is 7.85. The summed E-state index contributed by atoms with van der Waals surface area (Å²) in [5.41, 5.74) is 0.640. The van der Waals surface area contributed by atoms with Crippen LogP contribution in [0.4, 0.5) is 10.7 Å². The number of carbonyl (C=O) groups excluding carboxylic acids is 1. The molecule has 0 aliphatic rings. The number of aromatic nitrogens is 3. The highest BCUT2D eigenvalue weighted by atomic mass is 35.5. The van der Waals surface area contributed by atoms with Gasteiger partial charge in [-0.15, -0.1) is 0 Å². The van der Waals surface area contributed by atoms with Crippen LogP contribution < -0.4 is 19.0 Å². The van der Waals surface area contributed by atoms with Gasteiger partial charge in [0.15, 0.2) is 11.6 Å². The molecule has 0 saturated carbocycles. The van der Waals surface area contributed by atoms with E-state index in [0.717, 1.165) is 0 Å². The molecule has 0 saturated heterocycles. The molecule has 1 heterocycles. The summed E-state index contributed by atoms with van der Waals surface area (Å²) < 4.78 is 36.0. The summed E-state index contributed by atoms with van der Waals surface area (Å²) >= 11 is 11.7. The minimum atomic E-state index is -4.58. The van der Waals surface area contributed by atoms with Crippen molar-refractivity contribution in [1.82, 2.24) is 19.7 Å². The summed E-state index contributed by atoms with van der Waals surface area (Å²) in [4.78, 5) is 24.4. The van der Waals surface area contributed by atoms with Gasteiger partial charge in [0.1, 0.15) is 0 Å². The van der Waals surface area contributed by atoms with Gasteiger partial charge < -0.3 is 8.92 Å². The van der Waals surface area contributed by atoms with Gasteiger partial charge in [-0.3, -0.25) is 5.32 Å². The highest BCUT2D eigenvalue weighted by Crippen LogP contribution is 2.28. The number of hydrogen-bond donors (Lipinski definition) is 2. The second-order valence-electron chi connectivity index (χ2n) is 5.73. The molecule has 31 heavy (non-hydrogen) atoms. The molecule has 0 aliphatic carbocycles. The largest absolute Gasteiger partial charge is 0.464 e. The van der Waals surface area contributed by atoms with E-state index in [1.807, 2.05) is 6.07 Å². The van der Waals surface area contributed by atoms with Crippen LogP contribution >= 0.6 is 23.2 Å². The quantitative estimate of drug-likeness (QED) is 0.519. The molecule has 0 aliphatic heterocycles. The van der Waals surface area contributed by atoms with Crippen molar-refractivity contribution in [2.75, 3.05) is 11.9 Å².